The Morgan fingerprint density at radius 3 is 2.90 bits per heavy atom. The number of nitrogens with one attached hydrogen (secondary N) is 1. The van der Waals surface area contributed by atoms with Gasteiger partial charge in [0.1, 0.15) is 0 Å². The summed E-state index contributed by atoms with van der Waals surface area (Å²) >= 11 is 0. The van der Waals surface area contributed by atoms with Crippen molar-refractivity contribution in [2.24, 2.45) is 13.0 Å². The minimum atomic E-state index is -3.77. The van der Waals surface area contributed by atoms with Crippen LogP contribution in [0.1, 0.15) is 32.6 Å². The molecular weight excluding hydrogens is 280 g/mol. The van der Waals surface area contributed by atoms with E-state index in [2.05, 4.69) is 16.6 Å². The predicted molar refractivity (Wildman–Crippen MR) is 75.4 cm³/mol. The van der Waals surface area contributed by atoms with E-state index in [4.69, 9.17) is 5.73 Å². The summed E-state index contributed by atoms with van der Waals surface area (Å²) in [4.78, 5) is 3.77. The van der Waals surface area contributed by atoms with Gasteiger partial charge in [0.2, 0.25) is 0 Å². The molecule has 2 rings (SSSR count). The molecule has 1 fully saturated rings. The van der Waals surface area contributed by atoms with Gasteiger partial charge in [-0.05, 0) is 18.8 Å². The Balaban J connectivity index is 2.10. The number of aromatic nitrogens is 2. The van der Waals surface area contributed by atoms with Gasteiger partial charge < -0.3 is 15.4 Å². The zero-order chi connectivity index (χ0) is 15.0. The number of nitrogens with two attached hydrogens (primary N) is 1. The Morgan fingerprint density at radius 1 is 1.65 bits per heavy atom. The fraction of sp³-hybridized carbons (Fsp3) is 0.750. The fourth-order valence-corrected chi connectivity index (χ4v) is 4.20. The Labute approximate surface area is 119 Å². The summed E-state index contributed by atoms with van der Waals surface area (Å²) in [6, 6.07) is 0. The molecule has 0 saturated heterocycles. The van der Waals surface area contributed by atoms with Crippen LogP contribution in [0.15, 0.2) is 11.4 Å². The van der Waals surface area contributed by atoms with Gasteiger partial charge in [-0.3, -0.25) is 0 Å². The van der Waals surface area contributed by atoms with Crippen LogP contribution in [0.25, 0.3) is 0 Å². The first kappa shape index (κ1) is 15.3. The lowest BCUT2D eigenvalue weighted by atomic mass is 9.79. The number of nitrogen functional groups attached to an aromatic ring is 1. The summed E-state index contributed by atoms with van der Waals surface area (Å²) in [7, 11) is -2.20. The third-order valence-corrected chi connectivity index (χ3v) is 5.35. The summed E-state index contributed by atoms with van der Waals surface area (Å²) in [5.74, 6) is 0.365. The maximum absolute atomic E-state index is 12.2. The molecule has 2 unspecified atom stereocenters. The van der Waals surface area contributed by atoms with E-state index in [1.807, 2.05) is 0 Å². The molecular formula is C12H22N4O3S. The summed E-state index contributed by atoms with van der Waals surface area (Å²) in [6.07, 6.45) is 4.55. The topological polar surface area (TPSA) is 110 Å². The fourth-order valence-electron chi connectivity index (χ4n) is 2.85. The van der Waals surface area contributed by atoms with E-state index in [0.717, 1.165) is 12.8 Å². The van der Waals surface area contributed by atoms with E-state index in [0.29, 0.717) is 18.8 Å². The summed E-state index contributed by atoms with van der Waals surface area (Å²) in [5.41, 5.74) is 4.60. The van der Waals surface area contributed by atoms with Crippen molar-refractivity contribution in [2.75, 3.05) is 12.3 Å². The lowest BCUT2D eigenvalue weighted by Gasteiger charge is -2.35. The number of sulfonamides is 1. The maximum Gasteiger partial charge on any atom is 0.260 e. The molecule has 1 aliphatic rings. The normalized spacial score (nSPS) is 27.6. The summed E-state index contributed by atoms with van der Waals surface area (Å²) in [6.45, 7) is 2.07. The second-order valence-electron chi connectivity index (χ2n) is 5.80. The molecule has 4 N–H and O–H groups in total. The monoisotopic (exact) mass is 302 g/mol. The van der Waals surface area contributed by atoms with Crippen LogP contribution in [-0.4, -0.2) is 35.2 Å². The molecule has 114 valence electrons. The largest absolute Gasteiger partial charge is 0.389 e. The molecule has 0 bridgehead atoms. The number of hydrogen-bond acceptors (Lipinski definition) is 5. The first-order valence-electron chi connectivity index (χ1n) is 6.72. The van der Waals surface area contributed by atoms with Gasteiger partial charge in [-0.2, -0.15) is 0 Å². The molecule has 7 nitrogen and oxygen atoms in total. The Kier molecular flexibility index (Phi) is 4.08. The van der Waals surface area contributed by atoms with Gasteiger partial charge in [-0.15, -0.1) is 0 Å². The third kappa shape index (κ3) is 3.13. The van der Waals surface area contributed by atoms with Crippen LogP contribution < -0.4 is 10.5 Å². The molecule has 0 aliphatic heterocycles. The molecule has 1 heterocycles. The molecule has 20 heavy (non-hydrogen) atoms. The van der Waals surface area contributed by atoms with Crippen molar-refractivity contribution in [3.05, 3.63) is 6.33 Å². The van der Waals surface area contributed by atoms with Crippen LogP contribution in [0.2, 0.25) is 0 Å². The van der Waals surface area contributed by atoms with Crippen LogP contribution >= 0.6 is 0 Å². The Bertz CT molecular complexity index is 564. The zero-order valence-electron chi connectivity index (χ0n) is 11.8. The molecule has 2 atom stereocenters. The van der Waals surface area contributed by atoms with Gasteiger partial charge in [0.15, 0.2) is 10.8 Å². The van der Waals surface area contributed by atoms with Crippen molar-refractivity contribution in [3.8, 4) is 0 Å². The molecule has 1 aromatic heterocycles. The smallest absolute Gasteiger partial charge is 0.260 e. The molecule has 0 amide bonds. The number of imidazole rings is 1. The van der Waals surface area contributed by atoms with Gasteiger partial charge in [0, 0.05) is 13.6 Å². The molecule has 0 aromatic carbocycles. The number of rotatable bonds is 4. The van der Waals surface area contributed by atoms with Gasteiger partial charge in [-0.25, -0.2) is 18.1 Å². The van der Waals surface area contributed by atoms with Crippen LogP contribution in [0.3, 0.4) is 0 Å². The van der Waals surface area contributed by atoms with E-state index in [1.165, 1.54) is 10.9 Å². The second kappa shape index (κ2) is 5.34. The van der Waals surface area contributed by atoms with Crippen molar-refractivity contribution in [1.29, 1.82) is 0 Å². The van der Waals surface area contributed by atoms with E-state index in [9.17, 15) is 13.5 Å². The highest BCUT2D eigenvalue weighted by molar-refractivity contribution is 7.89. The van der Waals surface area contributed by atoms with Gasteiger partial charge in [0.05, 0.1) is 11.9 Å². The highest BCUT2D eigenvalue weighted by Gasteiger charge is 2.34. The standard InChI is InChI=1S/C12H22N4O3S/c1-9-4-3-5-12(17,6-9)7-15-20(18,19)11-10(13)14-8-16(11)2/h8-9,15,17H,3-7,13H2,1-2H3. The molecule has 0 spiro atoms. The van der Waals surface area contributed by atoms with E-state index < -0.39 is 15.6 Å². The lowest BCUT2D eigenvalue weighted by Crippen LogP contribution is -2.46. The highest BCUT2D eigenvalue weighted by atomic mass is 32.2. The van der Waals surface area contributed by atoms with Gasteiger partial charge in [0.25, 0.3) is 10.0 Å². The average molecular weight is 302 g/mol. The summed E-state index contributed by atoms with van der Waals surface area (Å²) in [5, 5.41) is 10.4. The first-order chi connectivity index (χ1) is 9.23. The Morgan fingerprint density at radius 2 is 2.35 bits per heavy atom. The second-order valence-corrected chi connectivity index (χ2v) is 7.48. The molecule has 0 radical (unpaired) electrons. The van der Waals surface area contributed by atoms with Crippen molar-refractivity contribution < 1.29 is 13.5 Å². The van der Waals surface area contributed by atoms with Crippen molar-refractivity contribution >= 4 is 15.8 Å². The first-order valence-corrected chi connectivity index (χ1v) is 8.21. The molecule has 8 heteroatoms. The predicted octanol–water partition coefficient (Wildman–Crippen LogP) is 0.222. The van der Waals surface area contributed by atoms with Crippen molar-refractivity contribution in [2.45, 2.75) is 43.2 Å². The number of anilines is 1. The highest BCUT2D eigenvalue weighted by Crippen LogP contribution is 2.32. The van der Waals surface area contributed by atoms with Crippen LogP contribution in [-0.2, 0) is 17.1 Å². The average Bonchev–Trinajstić information content (AvgIpc) is 2.67. The van der Waals surface area contributed by atoms with Crippen LogP contribution in [0, 0.1) is 5.92 Å². The molecule has 1 aromatic rings. The summed E-state index contributed by atoms with van der Waals surface area (Å²) < 4.78 is 28.3. The SMILES string of the molecule is CC1CCCC(O)(CNS(=O)(=O)c2c(N)ncn2C)C1. The van der Waals surface area contributed by atoms with Crippen molar-refractivity contribution in [1.82, 2.24) is 14.3 Å². The van der Waals surface area contributed by atoms with E-state index >= 15 is 0 Å². The molecule has 1 saturated carbocycles. The zero-order valence-corrected chi connectivity index (χ0v) is 12.7. The number of hydrogen-bond donors (Lipinski definition) is 3. The van der Waals surface area contributed by atoms with Crippen molar-refractivity contribution in [3.63, 3.8) is 0 Å². The minimum Gasteiger partial charge on any atom is -0.389 e. The number of nitrogens with zero attached hydrogens (tertiary/aromatic N) is 2. The van der Waals surface area contributed by atoms with E-state index in [1.54, 1.807) is 7.05 Å². The van der Waals surface area contributed by atoms with Gasteiger partial charge in [-0.1, -0.05) is 19.8 Å². The van der Waals surface area contributed by atoms with Crippen LogP contribution in [0.4, 0.5) is 5.82 Å². The lowest BCUT2D eigenvalue weighted by molar-refractivity contribution is -0.00753. The number of aryl methyl sites for hydroxylation is 1. The third-order valence-electron chi connectivity index (χ3n) is 3.82. The van der Waals surface area contributed by atoms with Gasteiger partial charge >= 0.3 is 0 Å². The maximum atomic E-state index is 12.2. The number of aliphatic hydroxyl groups is 1. The quantitative estimate of drug-likeness (QED) is 0.737. The van der Waals surface area contributed by atoms with Crippen LogP contribution in [0.5, 0.6) is 0 Å². The molecule has 1 aliphatic carbocycles. The Hall–Kier alpha value is -1.12. The van der Waals surface area contributed by atoms with E-state index in [-0.39, 0.29) is 17.4 Å². The minimum absolute atomic E-state index is 0.00426.